The lowest BCUT2D eigenvalue weighted by Gasteiger charge is -2.37. The van der Waals surface area contributed by atoms with E-state index in [1.54, 1.807) is 71.0 Å². The first-order chi connectivity index (χ1) is 46.9. The number of imide groups is 1. The predicted molar refractivity (Wildman–Crippen MR) is 361 cm³/mol. The van der Waals surface area contributed by atoms with Crippen LogP contribution in [0.5, 0.6) is 11.5 Å². The minimum Gasteiger partial charge on any atom is -0.507 e. The first-order valence-electron chi connectivity index (χ1n) is 33.6. The van der Waals surface area contributed by atoms with Crippen molar-refractivity contribution < 1.29 is 86.6 Å². The molecule has 6 aliphatic rings. The molecule has 5 bridgehead atoms. The summed E-state index contributed by atoms with van der Waals surface area (Å²) >= 11 is 0. The van der Waals surface area contributed by atoms with Gasteiger partial charge in [0.1, 0.15) is 47.7 Å². The number of hydrogen-bond donors (Lipinski definition) is 9. The second-order valence-electron chi connectivity index (χ2n) is 26.8. The van der Waals surface area contributed by atoms with Gasteiger partial charge in [0.25, 0.3) is 23.5 Å². The van der Waals surface area contributed by atoms with Crippen LogP contribution in [0, 0.1) is 36.5 Å². The van der Waals surface area contributed by atoms with Gasteiger partial charge in [-0.2, -0.15) is 0 Å². The van der Waals surface area contributed by atoms with E-state index in [1.165, 1.54) is 57.3 Å². The van der Waals surface area contributed by atoms with Crippen LogP contribution in [0.25, 0.3) is 0 Å². The highest BCUT2D eigenvalue weighted by molar-refractivity contribution is 6.34. The van der Waals surface area contributed by atoms with E-state index in [2.05, 4.69) is 31.9 Å². The van der Waals surface area contributed by atoms with Gasteiger partial charge in [-0.25, -0.2) is 9.59 Å². The van der Waals surface area contributed by atoms with Gasteiger partial charge in [0.15, 0.2) is 0 Å². The first-order valence-corrected chi connectivity index (χ1v) is 33.6. The second kappa shape index (κ2) is 32.3. The second-order valence-corrected chi connectivity index (χ2v) is 26.8. The number of anilines is 1. The number of Topliss-reactive ketones (excluding diaryl/α,β-unsaturated/α-hetero) is 2. The van der Waals surface area contributed by atoms with Crippen molar-refractivity contribution in [1.82, 2.24) is 36.4 Å². The van der Waals surface area contributed by atoms with E-state index in [1.807, 2.05) is 19.9 Å². The van der Waals surface area contributed by atoms with E-state index in [0.717, 1.165) is 4.90 Å². The molecule has 1 fully saturated rings. The number of amides is 9. The molecule has 534 valence electrons. The van der Waals surface area contributed by atoms with Gasteiger partial charge in [-0.3, -0.25) is 53.0 Å². The predicted octanol–water partition coefficient (Wildman–Crippen LogP) is 5.82. The Hall–Kier alpha value is -9.70. The fraction of sp³-hybridized carbons (Fsp3) is 0.521. The number of aliphatic imine (C=N–C) groups is 1. The van der Waals surface area contributed by atoms with E-state index in [-0.39, 0.29) is 145 Å². The summed E-state index contributed by atoms with van der Waals surface area (Å²) in [4.78, 5) is 154. The number of nitrogens with zero attached hydrogens (tertiary/aromatic N) is 3. The quantitative estimate of drug-likeness (QED) is 0.0428. The summed E-state index contributed by atoms with van der Waals surface area (Å²) in [6, 6.07) is 3.55. The number of ether oxygens (including phenoxy) is 5. The molecule has 9 amide bonds. The van der Waals surface area contributed by atoms with E-state index in [9.17, 15) is 53.4 Å². The molecule has 99 heavy (non-hydrogen) atoms. The maximum absolute atomic E-state index is 15.1. The number of rotatable bonds is 20. The largest absolute Gasteiger partial charge is 0.507 e. The van der Waals surface area contributed by atoms with Crippen molar-refractivity contribution in [3.8, 4) is 11.5 Å². The molecule has 5 heterocycles. The number of likely N-dealkylation sites (tertiary alicyclic amines) is 1. The molecule has 5 aliphatic heterocycles. The maximum atomic E-state index is 15.1. The van der Waals surface area contributed by atoms with Gasteiger partial charge in [0, 0.05) is 113 Å². The lowest BCUT2D eigenvalue weighted by molar-refractivity contribution is -0.159. The summed E-state index contributed by atoms with van der Waals surface area (Å²) < 4.78 is 30.0. The third kappa shape index (κ3) is 17.6. The number of nitrogens with one attached hydrogen (secondary N) is 6. The van der Waals surface area contributed by atoms with Crippen LogP contribution >= 0.6 is 0 Å². The number of unbranched alkanes of at least 4 members (excludes halogenated alkanes) is 2. The molecule has 28 heteroatoms. The van der Waals surface area contributed by atoms with Gasteiger partial charge in [-0.1, -0.05) is 78.3 Å². The third-order valence-corrected chi connectivity index (χ3v) is 18.9. The standard InChI is InChI=1S/C71H92N10O18/c1-37(2)55(76-49(83)20-13-12-14-31-81-50(84)25-26-51(81)85)67(92)75-47(19-16-30-73-68(72)93)66(91)74-46-23-21-45(22-24-46)36-96-69(94)80-32-28-71(29-33-80)78-56-52-53-60(87)43(8)63-54(52)64(89)70(10,99-63)97-34-27-48(95-11)41(6)62(98-44(9)82)42(7)59(86)40(5)35-38(3)17-15-18-39(4)65(90)77-58(61(53)88)57(56)79-71/h15,17-18,21-27,34,37-38,40-42,47-48,55,59,62,79,86-87H,12-14,16,19-20,28-33,35-36H2,1-11H3,(H,74,91)(H,75,92)(H,76,83)(H,77,90)(H3,72,73,93)/b17-15+,34-27+,39-18-/t38-,40+,41+,42+,47-,48-,55?,59+,62+,70-/m0/s1. The molecular weight excluding hydrogens is 1280 g/mol. The average molecular weight is 1370 g/mol. The number of aliphatic hydroxyl groups excluding tert-OH is 1. The lowest BCUT2D eigenvalue weighted by atomic mass is 9.79. The molecule has 10 N–H and O–H groups in total. The molecule has 2 aromatic rings. The van der Waals surface area contributed by atoms with Crippen molar-refractivity contribution in [2.75, 3.05) is 38.6 Å². The molecule has 0 aromatic heterocycles. The SMILES string of the molecule is CO[C@H]1/C=C/O[C@@]2(C)Oc3c(C)c(O)c4c(c3C2=O)C2=NC3(CCN(C(=O)OCc5ccc(NC(=O)[C@H](CCCNC(N)=O)NC(=O)C(NC(=O)CCCCCN6C(=O)C=CC6=O)C(C)C)cc5)CC3)NC2=C(NC(=O)/C(C)=C\C=C\[C@H](C)C[C@@H](C)[C@@H](O)[C@@H](C)[C@H](OC(C)=O)[C@@H]1C)C4=O. The summed E-state index contributed by atoms with van der Waals surface area (Å²) in [7, 11) is 1.46. The van der Waals surface area contributed by atoms with E-state index < -0.39 is 113 Å². The highest BCUT2D eigenvalue weighted by Crippen LogP contribution is 2.50. The van der Waals surface area contributed by atoms with Crippen LogP contribution in [0.3, 0.4) is 0 Å². The number of aromatic hydroxyl groups is 1. The smallest absolute Gasteiger partial charge is 0.410 e. The van der Waals surface area contributed by atoms with Gasteiger partial charge in [-0.15, -0.1) is 0 Å². The number of phenols is 1. The topological polar surface area (TPSA) is 391 Å². The number of esters is 1. The molecule has 0 saturated carbocycles. The van der Waals surface area contributed by atoms with Gasteiger partial charge in [0.05, 0.1) is 41.0 Å². The minimum absolute atomic E-state index is 0.0358. The summed E-state index contributed by atoms with van der Waals surface area (Å²) in [5.41, 5.74) is 4.61. The van der Waals surface area contributed by atoms with Crippen molar-refractivity contribution >= 4 is 76.5 Å². The summed E-state index contributed by atoms with van der Waals surface area (Å²) in [5, 5.41) is 40.7. The number of benzene rings is 2. The van der Waals surface area contributed by atoms with Crippen LogP contribution in [0.4, 0.5) is 15.3 Å². The number of urea groups is 1. The average Bonchev–Trinajstić information content (AvgIpc) is 1.57. The van der Waals surface area contributed by atoms with E-state index in [0.29, 0.717) is 36.9 Å². The number of primary amides is 1. The number of piperidine rings is 1. The monoisotopic (exact) mass is 1370 g/mol. The number of carbonyl (C=O) groups is 11. The van der Waals surface area contributed by atoms with Crippen molar-refractivity contribution in [3.05, 3.63) is 112 Å². The summed E-state index contributed by atoms with van der Waals surface area (Å²) in [6.07, 6.45) is 9.85. The minimum atomic E-state index is -2.08. The van der Waals surface area contributed by atoms with Crippen molar-refractivity contribution in [1.29, 1.82) is 0 Å². The number of allylic oxidation sites excluding steroid dienone is 5. The van der Waals surface area contributed by atoms with Crippen LogP contribution in [-0.2, 0) is 59.1 Å². The Kier molecular flexibility index (Phi) is 24.5. The zero-order chi connectivity index (χ0) is 72.4. The molecule has 0 radical (unpaired) electrons. The summed E-state index contributed by atoms with van der Waals surface area (Å²) in [5.74, 6) is -9.67. The fourth-order valence-corrected chi connectivity index (χ4v) is 13.1. The Morgan fingerprint density at radius 3 is 2.20 bits per heavy atom. The Labute approximate surface area is 575 Å². The van der Waals surface area contributed by atoms with Crippen LogP contribution in [0.2, 0.25) is 0 Å². The van der Waals surface area contributed by atoms with E-state index >= 15 is 9.59 Å². The molecule has 1 aliphatic carbocycles. The highest BCUT2D eigenvalue weighted by atomic mass is 16.7. The van der Waals surface area contributed by atoms with Gasteiger partial charge in [0.2, 0.25) is 23.5 Å². The van der Waals surface area contributed by atoms with E-state index in [4.69, 9.17) is 34.4 Å². The zero-order valence-electron chi connectivity index (χ0n) is 57.9. The molecule has 1 saturated heterocycles. The van der Waals surface area contributed by atoms with Crippen LogP contribution in [-0.4, -0.2) is 166 Å². The highest BCUT2D eigenvalue weighted by Gasteiger charge is 2.55. The lowest BCUT2D eigenvalue weighted by Crippen LogP contribution is -2.54. The number of methoxy groups -OCH3 is 1. The van der Waals surface area contributed by atoms with Crippen LogP contribution < -0.4 is 42.4 Å². The van der Waals surface area contributed by atoms with Crippen molar-refractivity contribution in [2.45, 2.75) is 175 Å². The number of nitrogens with two attached hydrogens (primary N) is 1. The maximum Gasteiger partial charge on any atom is 0.410 e. The third-order valence-electron chi connectivity index (χ3n) is 18.9. The molecular formula is C71H92N10O18. The van der Waals surface area contributed by atoms with Crippen molar-refractivity contribution in [3.63, 3.8) is 0 Å². The Balaban J connectivity index is 0.956. The first kappa shape index (κ1) is 75.1. The zero-order valence-corrected chi connectivity index (χ0v) is 57.9. The van der Waals surface area contributed by atoms with Crippen LogP contribution in [0.15, 0.2) is 88.9 Å². The Bertz CT molecular complexity index is 3680. The number of phenolic OH excluding ortho intramolecular Hbond substituents is 1. The van der Waals surface area contributed by atoms with Gasteiger partial charge in [-0.05, 0) is 87.5 Å². The Morgan fingerprint density at radius 1 is 0.869 bits per heavy atom. The normalized spacial score (nSPS) is 25.4. The van der Waals surface area contributed by atoms with Gasteiger partial charge >= 0.3 is 23.9 Å². The number of carbonyl (C=O) groups excluding carboxylic acids is 11. The fourth-order valence-electron chi connectivity index (χ4n) is 13.1. The molecule has 8 rings (SSSR count). The number of ketones is 2. The summed E-state index contributed by atoms with van der Waals surface area (Å²) in [6.45, 7) is 17.0. The molecule has 2 aromatic carbocycles. The number of fused-ring (bicyclic) bond motifs is 3. The Morgan fingerprint density at radius 2 is 1.56 bits per heavy atom. The molecule has 10 atom stereocenters. The van der Waals surface area contributed by atoms with Gasteiger partial charge < -0.3 is 76.4 Å². The number of hydrogen-bond acceptors (Lipinski definition) is 20. The molecule has 1 spiro atoms. The van der Waals surface area contributed by atoms with Crippen molar-refractivity contribution in [2.24, 2.45) is 40.3 Å². The number of aliphatic hydroxyl groups is 1. The molecule has 1 unspecified atom stereocenters. The molecule has 28 nitrogen and oxygen atoms in total. The van der Waals surface area contributed by atoms with Crippen LogP contribution in [0.1, 0.15) is 158 Å².